The predicted molar refractivity (Wildman–Crippen MR) is 101 cm³/mol. The molecular formula is C17H16N4O2S2. The highest BCUT2D eigenvalue weighted by molar-refractivity contribution is 7.91. The number of nitrogens with two attached hydrogens (primary N) is 1. The summed E-state index contributed by atoms with van der Waals surface area (Å²) in [5, 5.41) is 4.73. The predicted octanol–water partition coefficient (Wildman–Crippen LogP) is 3.68. The van der Waals surface area contributed by atoms with Gasteiger partial charge in [0.1, 0.15) is 5.69 Å². The molecule has 1 aromatic carbocycles. The van der Waals surface area contributed by atoms with E-state index in [-0.39, 0.29) is 10.6 Å². The molecule has 0 spiro atoms. The Balaban J connectivity index is 1.84. The molecule has 0 fully saturated rings. The van der Waals surface area contributed by atoms with E-state index in [4.69, 9.17) is 10.5 Å². The third kappa shape index (κ3) is 3.86. The first-order chi connectivity index (χ1) is 11.8. The zero-order chi connectivity index (χ0) is 18.0. The van der Waals surface area contributed by atoms with Crippen molar-refractivity contribution in [3.8, 4) is 10.4 Å². The second-order valence-corrected chi connectivity index (χ2v) is 8.56. The Morgan fingerprint density at radius 2 is 2.08 bits per heavy atom. The topological polar surface area (TPSA) is 109 Å². The molecule has 3 rings (SSSR count). The maximum atomic E-state index is 12.4. The van der Waals surface area contributed by atoms with Gasteiger partial charge in [-0.15, -0.1) is 11.3 Å². The number of thiophene rings is 1. The molecule has 128 valence electrons. The van der Waals surface area contributed by atoms with E-state index in [0.29, 0.717) is 11.4 Å². The van der Waals surface area contributed by atoms with Crippen molar-refractivity contribution in [2.75, 3.05) is 17.3 Å². The second kappa shape index (κ2) is 6.66. The summed E-state index contributed by atoms with van der Waals surface area (Å²) < 4.78 is 19.2. The summed E-state index contributed by atoms with van der Waals surface area (Å²) >= 11 is 1.60. The van der Waals surface area contributed by atoms with Crippen LogP contribution in [0.15, 0.2) is 58.9 Å². The van der Waals surface area contributed by atoms with E-state index in [1.807, 2.05) is 29.6 Å². The number of nitrogens with zero attached hydrogens (tertiary/aromatic N) is 1. The van der Waals surface area contributed by atoms with Crippen LogP contribution in [-0.4, -0.2) is 21.4 Å². The first-order valence-corrected chi connectivity index (χ1v) is 10.1. The Hall–Kier alpha value is -2.71. The molecule has 0 radical (unpaired) electrons. The van der Waals surface area contributed by atoms with E-state index in [0.717, 1.165) is 10.4 Å². The van der Waals surface area contributed by atoms with Crippen LogP contribution >= 0.6 is 11.3 Å². The molecule has 2 aromatic heterocycles. The van der Waals surface area contributed by atoms with Crippen LogP contribution in [0.1, 0.15) is 10.5 Å². The number of nitrogen functional groups attached to an aromatic ring is 1. The maximum absolute atomic E-state index is 12.4. The Labute approximate surface area is 149 Å². The summed E-state index contributed by atoms with van der Waals surface area (Å²) in [6, 6.07) is 12.3. The molecule has 0 aliphatic carbocycles. The summed E-state index contributed by atoms with van der Waals surface area (Å²) in [6.07, 6.45) is 2.59. The standard InChI is InChI=1S/C17H16N4O2S2/c1-25(19,23)12-5-7-14(20-10-12)17(22)21-15-9-11(4-6-13(15)18)16-3-2-8-24-16/h2-10,19H,18H2,1H3,(H,21,22). The number of benzene rings is 1. The summed E-state index contributed by atoms with van der Waals surface area (Å²) in [6.45, 7) is 0. The lowest BCUT2D eigenvalue weighted by molar-refractivity contribution is 0.102. The molecule has 1 atom stereocenters. The minimum absolute atomic E-state index is 0.160. The van der Waals surface area contributed by atoms with E-state index in [1.54, 1.807) is 17.4 Å². The van der Waals surface area contributed by atoms with E-state index in [1.165, 1.54) is 24.6 Å². The molecule has 8 heteroatoms. The van der Waals surface area contributed by atoms with Crippen molar-refractivity contribution in [1.82, 2.24) is 4.98 Å². The fourth-order valence-electron chi connectivity index (χ4n) is 2.19. The monoisotopic (exact) mass is 372 g/mol. The molecule has 0 saturated heterocycles. The van der Waals surface area contributed by atoms with Gasteiger partial charge in [0.25, 0.3) is 5.91 Å². The number of amides is 1. The Bertz CT molecular complexity index is 1010. The minimum Gasteiger partial charge on any atom is -0.397 e. The number of aromatic nitrogens is 1. The smallest absolute Gasteiger partial charge is 0.274 e. The number of anilines is 2. The fraction of sp³-hybridized carbons (Fsp3) is 0.0588. The normalized spacial score (nSPS) is 13.2. The summed E-state index contributed by atoms with van der Waals surface area (Å²) in [5.41, 5.74) is 8.03. The quantitative estimate of drug-likeness (QED) is 0.607. The van der Waals surface area contributed by atoms with Crippen LogP contribution in [0.4, 0.5) is 11.4 Å². The molecule has 1 unspecified atom stereocenters. The first kappa shape index (κ1) is 17.1. The third-order valence-corrected chi connectivity index (χ3v) is 5.59. The van der Waals surface area contributed by atoms with Crippen LogP contribution < -0.4 is 11.1 Å². The molecule has 0 saturated carbocycles. The van der Waals surface area contributed by atoms with E-state index in [2.05, 4.69) is 10.3 Å². The average Bonchev–Trinajstić information content (AvgIpc) is 3.10. The number of nitrogens with one attached hydrogen (secondary N) is 2. The first-order valence-electron chi connectivity index (χ1n) is 7.29. The van der Waals surface area contributed by atoms with Crippen LogP contribution in [0, 0.1) is 4.78 Å². The Morgan fingerprint density at radius 1 is 1.28 bits per heavy atom. The number of hydrogen-bond donors (Lipinski definition) is 3. The van der Waals surface area contributed by atoms with Crippen molar-refractivity contribution in [1.29, 1.82) is 4.78 Å². The summed E-state index contributed by atoms with van der Waals surface area (Å²) in [5.74, 6) is -0.422. The van der Waals surface area contributed by atoms with Crippen LogP contribution in [0.25, 0.3) is 10.4 Å². The van der Waals surface area contributed by atoms with Crippen LogP contribution in [0.5, 0.6) is 0 Å². The largest absolute Gasteiger partial charge is 0.397 e. The highest BCUT2D eigenvalue weighted by Gasteiger charge is 2.12. The molecule has 0 aliphatic rings. The zero-order valence-corrected chi connectivity index (χ0v) is 15.0. The number of carbonyl (C=O) groups is 1. The fourth-order valence-corrected chi connectivity index (χ4v) is 3.50. The molecule has 25 heavy (non-hydrogen) atoms. The Kier molecular flexibility index (Phi) is 4.56. The molecule has 3 aromatic rings. The van der Waals surface area contributed by atoms with Gasteiger partial charge in [-0.3, -0.25) is 4.79 Å². The van der Waals surface area contributed by atoms with Crippen molar-refractivity contribution < 1.29 is 9.00 Å². The van der Waals surface area contributed by atoms with Gasteiger partial charge in [0.05, 0.1) is 26.0 Å². The van der Waals surface area contributed by atoms with Crippen LogP contribution in [-0.2, 0) is 9.73 Å². The molecule has 4 N–H and O–H groups in total. The molecule has 0 aliphatic heterocycles. The van der Waals surface area contributed by atoms with E-state index >= 15 is 0 Å². The molecular weight excluding hydrogens is 356 g/mol. The second-order valence-electron chi connectivity index (χ2n) is 5.46. The van der Waals surface area contributed by atoms with Gasteiger partial charge in [-0.2, -0.15) is 0 Å². The number of pyridine rings is 1. The van der Waals surface area contributed by atoms with E-state index < -0.39 is 15.6 Å². The highest BCUT2D eigenvalue weighted by atomic mass is 32.2. The number of hydrogen-bond acceptors (Lipinski definition) is 6. The van der Waals surface area contributed by atoms with Gasteiger partial charge < -0.3 is 11.1 Å². The van der Waals surface area contributed by atoms with Crippen molar-refractivity contribution in [3.05, 3.63) is 59.7 Å². The molecule has 0 bridgehead atoms. The highest BCUT2D eigenvalue weighted by Crippen LogP contribution is 2.30. The maximum Gasteiger partial charge on any atom is 0.274 e. The van der Waals surface area contributed by atoms with Gasteiger partial charge >= 0.3 is 0 Å². The van der Waals surface area contributed by atoms with Gasteiger partial charge in [-0.05, 0) is 41.3 Å². The lowest BCUT2D eigenvalue weighted by Crippen LogP contribution is -2.15. The van der Waals surface area contributed by atoms with Gasteiger partial charge in [-0.1, -0.05) is 12.1 Å². The number of carbonyl (C=O) groups excluding carboxylic acids is 1. The van der Waals surface area contributed by atoms with E-state index in [9.17, 15) is 9.00 Å². The third-order valence-electron chi connectivity index (χ3n) is 3.53. The molecule has 1 amide bonds. The summed E-state index contributed by atoms with van der Waals surface area (Å²) in [7, 11) is -2.85. The lowest BCUT2D eigenvalue weighted by Gasteiger charge is -2.10. The van der Waals surface area contributed by atoms with Crippen molar-refractivity contribution in [2.24, 2.45) is 0 Å². The van der Waals surface area contributed by atoms with Crippen LogP contribution in [0.3, 0.4) is 0 Å². The SMILES string of the molecule is CS(=N)(=O)c1ccc(C(=O)Nc2cc(-c3cccs3)ccc2N)nc1. The minimum atomic E-state index is -2.85. The van der Waals surface area contributed by atoms with Gasteiger partial charge in [0.15, 0.2) is 0 Å². The van der Waals surface area contributed by atoms with Crippen LogP contribution in [0.2, 0.25) is 0 Å². The lowest BCUT2D eigenvalue weighted by atomic mass is 10.1. The molecule has 6 nitrogen and oxygen atoms in total. The van der Waals surface area contributed by atoms with Crippen molar-refractivity contribution >= 4 is 38.3 Å². The van der Waals surface area contributed by atoms with Crippen molar-refractivity contribution in [2.45, 2.75) is 4.90 Å². The average molecular weight is 372 g/mol. The van der Waals surface area contributed by atoms with Gasteiger partial charge in [0, 0.05) is 17.3 Å². The van der Waals surface area contributed by atoms with Gasteiger partial charge in [0.2, 0.25) is 0 Å². The van der Waals surface area contributed by atoms with Gasteiger partial charge in [-0.25, -0.2) is 14.0 Å². The Morgan fingerprint density at radius 3 is 2.68 bits per heavy atom. The van der Waals surface area contributed by atoms with Crippen molar-refractivity contribution in [3.63, 3.8) is 0 Å². The number of rotatable bonds is 4. The molecule has 2 heterocycles. The summed E-state index contributed by atoms with van der Waals surface area (Å²) in [4.78, 5) is 17.7. The zero-order valence-electron chi connectivity index (χ0n) is 13.4.